The van der Waals surface area contributed by atoms with Crippen molar-refractivity contribution in [2.75, 3.05) is 11.6 Å². The van der Waals surface area contributed by atoms with E-state index in [1.54, 1.807) is 11.8 Å². The Morgan fingerprint density at radius 3 is 3.00 bits per heavy atom. The average Bonchev–Trinajstić information content (AvgIpc) is 2.80. The topological polar surface area (TPSA) is 41.1 Å². The van der Waals surface area contributed by atoms with E-state index in [1.165, 1.54) is 12.8 Å². The molecule has 2 aliphatic rings. The van der Waals surface area contributed by atoms with Gasteiger partial charge in [0.15, 0.2) is 0 Å². The molecule has 1 aliphatic heterocycles. The van der Waals surface area contributed by atoms with Crippen molar-refractivity contribution in [1.29, 1.82) is 0 Å². The van der Waals surface area contributed by atoms with Gasteiger partial charge in [-0.25, -0.2) is 0 Å². The summed E-state index contributed by atoms with van der Waals surface area (Å²) in [5.74, 6) is 2.90. The second kappa shape index (κ2) is 4.53. The van der Waals surface area contributed by atoms with Crippen LogP contribution in [-0.4, -0.2) is 29.6 Å². The summed E-state index contributed by atoms with van der Waals surface area (Å²) in [4.78, 5) is 11.7. The van der Waals surface area contributed by atoms with E-state index in [2.05, 4.69) is 17.6 Å². The van der Waals surface area contributed by atoms with Gasteiger partial charge in [-0.3, -0.25) is 10.1 Å². The summed E-state index contributed by atoms with van der Waals surface area (Å²) in [5, 5.41) is 6.26. The van der Waals surface area contributed by atoms with E-state index >= 15 is 0 Å². The molecule has 2 atom stereocenters. The van der Waals surface area contributed by atoms with Crippen molar-refractivity contribution in [3.8, 4) is 0 Å². The molecule has 2 N–H and O–H groups in total. The predicted molar refractivity (Wildman–Crippen MR) is 59.2 cm³/mol. The Kier molecular flexibility index (Phi) is 3.34. The molecule has 14 heavy (non-hydrogen) atoms. The first kappa shape index (κ1) is 10.3. The maximum absolute atomic E-state index is 11.7. The number of hydrogen-bond donors (Lipinski definition) is 2. The van der Waals surface area contributed by atoms with Gasteiger partial charge in [-0.2, -0.15) is 0 Å². The third-order valence-electron chi connectivity index (χ3n) is 2.81. The lowest BCUT2D eigenvalue weighted by atomic mass is 10.1. The van der Waals surface area contributed by atoms with Gasteiger partial charge in [0.25, 0.3) is 0 Å². The Hall–Kier alpha value is -0.220. The maximum Gasteiger partial charge on any atom is 0.238 e. The van der Waals surface area contributed by atoms with Crippen LogP contribution in [0.5, 0.6) is 0 Å². The highest BCUT2D eigenvalue weighted by molar-refractivity contribution is 7.99. The van der Waals surface area contributed by atoms with Crippen molar-refractivity contribution in [2.45, 2.75) is 38.3 Å². The van der Waals surface area contributed by atoms with E-state index in [0.717, 1.165) is 24.0 Å². The smallest absolute Gasteiger partial charge is 0.238 e. The molecule has 4 heteroatoms. The van der Waals surface area contributed by atoms with E-state index in [4.69, 9.17) is 0 Å². The zero-order valence-electron chi connectivity index (χ0n) is 8.58. The minimum absolute atomic E-state index is 0.0432. The zero-order valence-corrected chi connectivity index (χ0v) is 9.40. The van der Waals surface area contributed by atoms with Gasteiger partial charge in [0.2, 0.25) is 5.91 Å². The molecule has 1 heterocycles. The fourth-order valence-corrected chi connectivity index (χ4v) is 2.76. The van der Waals surface area contributed by atoms with Gasteiger partial charge in [-0.15, -0.1) is 11.8 Å². The van der Waals surface area contributed by atoms with Crippen LogP contribution in [0.2, 0.25) is 0 Å². The number of carbonyl (C=O) groups excluding carboxylic acids is 1. The van der Waals surface area contributed by atoms with Crippen LogP contribution in [-0.2, 0) is 4.79 Å². The highest BCUT2D eigenvalue weighted by Crippen LogP contribution is 2.33. The standard InChI is InChI=1S/C10H18N2OS/c1-7(4-8-2-3-8)12-10(13)9-5-14-6-11-9/h7-9,11H,2-6H2,1H3,(H,12,13). The Labute approximate surface area is 89.4 Å². The quantitative estimate of drug-likeness (QED) is 0.732. The highest BCUT2D eigenvalue weighted by atomic mass is 32.2. The van der Waals surface area contributed by atoms with Crippen molar-refractivity contribution in [1.82, 2.24) is 10.6 Å². The summed E-state index contributed by atoms with van der Waals surface area (Å²) in [6.45, 7) is 2.11. The first-order chi connectivity index (χ1) is 6.75. The average molecular weight is 214 g/mol. The van der Waals surface area contributed by atoms with Crippen molar-refractivity contribution in [2.24, 2.45) is 5.92 Å². The Morgan fingerprint density at radius 2 is 2.43 bits per heavy atom. The van der Waals surface area contributed by atoms with Gasteiger partial charge in [0.1, 0.15) is 0 Å². The number of rotatable bonds is 4. The summed E-state index contributed by atoms with van der Waals surface area (Å²) >= 11 is 1.79. The molecule has 2 unspecified atom stereocenters. The number of thioether (sulfide) groups is 1. The largest absolute Gasteiger partial charge is 0.352 e. The number of nitrogens with one attached hydrogen (secondary N) is 2. The van der Waals surface area contributed by atoms with Crippen LogP contribution in [0.3, 0.4) is 0 Å². The van der Waals surface area contributed by atoms with Crippen LogP contribution in [0.25, 0.3) is 0 Å². The molecule has 1 amide bonds. The second-order valence-electron chi connectivity index (χ2n) is 4.36. The molecular weight excluding hydrogens is 196 g/mol. The van der Waals surface area contributed by atoms with Crippen LogP contribution in [0, 0.1) is 5.92 Å². The molecule has 0 aromatic heterocycles. The molecule has 80 valence electrons. The van der Waals surface area contributed by atoms with Gasteiger partial charge in [0, 0.05) is 17.7 Å². The zero-order chi connectivity index (χ0) is 9.97. The minimum Gasteiger partial charge on any atom is -0.352 e. The molecule has 1 aliphatic carbocycles. The van der Waals surface area contributed by atoms with Crippen LogP contribution < -0.4 is 10.6 Å². The SMILES string of the molecule is CC(CC1CC1)NC(=O)C1CSCN1. The molecular formula is C10H18N2OS. The summed E-state index contributed by atoms with van der Waals surface area (Å²) in [6.07, 6.45) is 3.88. The van der Waals surface area contributed by atoms with E-state index in [-0.39, 0.29) is 11.9 Å². The van der Waals surface area contributed by atoms with Gasteiger partial charge < -0.3 is 5.32 Å². The van der Waals surface area contributed by atoms with Crippen molar-refractivity contribution in [3.63, 3.8) is 0 Å². The molecule has 1 saturated carbocycles. The lowest BCUT2D eigenvalue weighted by Gasteiger charge is -2.16. The number of carbonyl (C=O) groups is 1. The summed E-state index contributed by atoms with van der Waals surface area (Å²) in [5.41, 5.74) is 0. The van der Waals surface area contributed by atoms with Crippen LogP contribution in [0.15, 0.2) is 0 Å². The normalized spacial score (nSPS) is 28.8. The Balaban J connectivity index is 1.69. The van der Waals surface area contributed by atoms with Gasteiger partial charge >= 0.3 is 0 Å². The van der Waals surface area contributed by atoms with Crippen molar-refractivity contribution >= 4 is 17.7 Å². The fourth-order valence-electron chi connectivity index (χ4n) is 1.82. The monoisotopic (exact) mass is 214 g/mol. The van der Waals surface area contributed by atoms with Crippen LogP contribution in [0.4, 0.5) is 0 Å². The third-order valence-corrected chi connectivity index (χ3v) is 3.75. The molecule has 0 aromatic carbocycles. The summed E-state index contributed by atoms with van der Waals surface area (Å²) in [7, 11) is 0. The number of amides is 1. The van der Waals surface area contributed by atoms with E-state index < -0.39 is 0 Å². The molecule has 0 spiro atoms. The van der Waals surface area contributed by atoms with E-state index in [9.17, 15) is 4.79 Å². The molecule has 2 fully saturated rings. The van der Waals surface area contributed by atoms with Crippen molar-refractivity contribution < 1.29 is 4.79 Å². The minimum atomic E-state index is 0.0432. The third kappa shape index (κ3) is 2.89. The van der Waals surface area contributed by atoms with E-state index in [1.807, 2.05) is 0 Å². The molecule has 3 nitrogen and oxygen atoms in total. The maximum atomic E-state index is 11.7. The summed E-state index contributed by atoms with van der Waals surface area (Å²) in [6, 6.07) is 0.393. The Bertz CT molecular complexity index is 212. The Morgan fingerprint density at radius 1 is 1.64 bits per heavy atom. The predicted octanol–water partition coefficient (Wildman–Crippen LogP) is 0.954. The molecule has 0 radical (unpaired) electrons. The van der Waals surface area contributed by atoms with Gasteiger partial charge in [-0.05, 0) is 19.3 Å². The highest BCUT2D eigenvalue weighted by Gasteiger charge is 2.27. The molecule has 0 bridgehead atoms. The lowest BCUT2D eigenvalue weighted by molar-refractivity contribution is -0.123. The first-order valence-corrected chi connectivity index (χ1v) is 6.52. The van der Waals surface area contributed by atoms with Crippen molar-refractivity contribution in [3.05, 3.63) is 0 Å². The van der Waals surface area contributed by atoms with E-state index in [0.29, 0.717) is 6.04 Å². The van der Waals surface area contributed by atoms with Crippen LogP contribution >= 0.6 is 11.8 Å². The molecule has 1 saturated heterocycles. The van der Waals surface area contributed by atoms with Crippen LogP contribution in [0.1, 0.15) is 26.2 Å². The second-order valence-corrected chi connectivity index (χ2v) is 5.39. The molecule has 0 aromatic rings. The van der Waals surface area contributed by atoms with Gasteiger partial charge in [0.05, 0.1) is 6.04 Å². The fraction of sp³-hybridized carbons (Fsp3) is 0.900. The molecule has 2 rings (SSSR count). The van der Waals surface area contributed by atoms with Gasteiger partial charge in [-0.1, -0.05) is 12.8 Å². The summed E-state index contributed by atoms with van der Waals surface area (Å²) < 4.78 is 0. The first-order valence-electron chi connectivity index (χ1n) is 5.37. The lowest BCUT2D eigenvalue weighted by Crippen LogP contribution is -2.45. The number of hydrogen-bond acceptors (Lipinski definition) is 3.